The minimum Gasteiger partial charge on any atom is -0.355 e. The Kier molecular flexibility index (Phi) is 5.61. The van der Waals surface area contributed by atoms with Crippen LogP contribution in [0.4, 0.5) is 10.6 Å². The molecule has 4 rings (SSSR count). The third-order valence-electron chi connectivity index (χ3n) is 5.93. The van der Waals surface area contributed by atoms with Gasteiger partial charge in [-0.05, 0) is 31.4 Å². The molecule has 0 spiro atoms. The number of aromatic nitrogens is 2. The predicted molar refractivity (Wildman–Crippen MR) is 105 cm³/mol. The zero-order valence-electron chi connectivity index (χ0n) is 16.7. The molecule has 3 saturated heterocycles. The molecule has 4 heterocycles. The van der Waals surface area contributed by atoms with E-state index in [1.807, 2.05) is 11.0 Å². The number of nitrogens with one attached hydrogen (secondary N) is 1. The lowest BCUT2D eigenvalue weighted by atomic mass is 10.1. The van der Waals surface area contributed by atoms with Gasteiger partial charge in [-0.1, -0.05) is 0 Å². The smallest absolute Gasteiger partial charge is 0.325 e. The van der Waals surface area contributed by atoms with Gasteiger partial charge in [-0.2, -0.15) is 0 Å². The van der Waals surface area contributed by atoms with Crippen LogP contribution >= 0.6 is 0 Å². The lowest BCUT2D eigenvalue weighted by Gasteiger charge is -2.41. The summed E-state index contributed by atoms with van der Waals surface area (Å²) in [6.07, 6.45) is 3.51. The molecule has 0 aromatic carbocycles. The molecule has 156 valence electrons. The van der Waals surface area contributed by atoms with Crippen LogP contribution in [0.25, 0.3) is 0 Å². The van der Waals surface area contributed by atoms with Crippen LogP contribution in [0, 0.1) is 0 Å². The number of piperazine rings is 1. The van der Waals surface area contributed by atoms with Crippen molar-refractivity contribution in [3.63, 3.8) is 0 Å². The van der Waals surface area contributed by atoms with Gasteiger partial charge in [0, 0.05) is 46.3 Å². The second kappa shape index (κ2) is 8.32. The monoisotopic (exact) mass is 401 g/mol. The van der Waals surface area contributed by atoms with E-state index in [9.17, 15) is 14.4 Å². The summed E-state index contributed by atoms with van der Waals surface area (Å²) in [4.78, 5) is 43.6. The van der Waals surface area contributed by atoms with E-state index in [-0.39, 0.29) is 30.4 Å². The van der Waals surface area contributed by atoms with Crippen LogP contribution in [0.5, 0.6) is 0 Å². The quantitative estimate of drug-likeness (QED) is 0.768. The summed E-state index contributed by atoms with van der Waals surface area (Å²) >= 11 is 0. The summed E-state index contributed by atoms with van der Waals surface area (Å²) in [7, 11) is 1.47. The Morgan fingerprint density at radius 2 is 1.72 bits per heavy atom. The molecule has 3 aliphatic rings. The van der Waals surface area contributed by atoms with Crippen molar-refractivity contribution in [1.82, 2.24) is 30.2 Å². The van der Waals surface area contributed by atoms with Gasteiger partial charge < -0.3 is 15.1 Å². The molecule has 0 saturated carbocycles. The average Bonchev–Trinajstić information content (AvgIpc) is 2.77. The predicted octanol–water partition coefficient (Wildman–Crippen LogP) is 0.123. The molecular weight excluding hydrogens is 374 g/mol. The summed E-state index contributed by atoms with van der Waals surface area (Å²) in [5.41, 5.74) is 0.349. The highest BCUT2D eigenvalue weighted by Crippen LogP contribution is 2.18. The van der Waals surface area contributed by atoms with Crippen molar-refractivity contribution in [2.24, 2.45) is 0 Å². The first kappa shape index (κ1) is 19.6. The van der Waals surface area contributed by atoms with Crippen molar-refractivity contribution in [3.8, 4) is 0 Å². The Labute approximate surface area is 169 Å². The molecule has 1 unspecified atom stereocenters. The van der Waals surface area contributed by atoms with Crippen LogP contribution in [0.2, 0.25) is 0 Å². The molecule has 0 radical (unpaired) electrons. The summed E-state index contributed by atoms with van der Waals surface area (Å²) in [6, 6.07) is 3.25. The van der Waals surface area contributed by atoms with E-state index in [0.29, 0.717) is 31.9 Å². The van der Waals surface area contributed by atoms with Crippen molar-refractivity contribution >= 4 is 23.7 Å². The van der Waals surface area contributed by atoms with E-state index in [0.717, 1.165) is 36.6 Å². The molecule has 0 aliphatic carbocycles. The minimum atomic E-state index is -0.381. The highest BCUT2D eigenvalue weighted by atomic mass is 16.2. The topological polar surface area (TPSA) is 102 Å². The number of hydrogen-bond donors (Lipinski definition) is 1. The Balaban J connectivity index is 1.32. The second-order valence-corrected chi connectivity index (χ2v) is 7.77. The summed E-state index contributed by atoms with van der Waals surface area (Å²) in [5.74, 6) is 0.501. The van der Waals surface area contributed by atoms with Gasteiger partial charge in [0.05, 0.1) is 12.6 Å². The van der Waals surface area contributed by atoms with Gasteiger partial charge in [-0.25, -0.2) is 4.79 Å². The normalized spacial score (nSPS) is 23.9. The van der Waals surface area contributed by atoms with E-state index < -0.39 is 0 Å². The standard InChI is InChI=1S/C19H27N7O3/c1-23-17(27)13-16(20-19(23)29)25-9-11-26(12-10-25)18(28)14-5-6-15(22-21-14)24-7-3-2-4-8-24/h5-6,16H,2-4,7-13H2,1H3,(H,20,29). The fraction of sp³-hybridized carbons (Fsp3) is 0.632. The third-order valence-corrected chi connectivity index (χ3v) is 5.93. The van der Waals surface area contributed by atoms with Crippen molar-refractivity contribution in [2.45, 2.75) is 31.8 Å². The zero-order valence-corrected chi connectivity index (χ0v) is 16.7. The number of imide groups is 1. The number of anilines is 1. The second-order valence-electron chi connectivity index (χ2n) is 7.77. The van der Waals surface area contributed by atoms with Crippen molar-refractivity contribution < 1.29 is 14.4 Å². The van der Waals surface area contributed by atoms with Gasteiger partial charge >= 0.3 is 6.03 Å². The van der Waals surface area contributed by atoms with E-state index in [4.69, 9.17) is 0 Å². The Bertz CT molecular complexity index is 753. The zero-order chi connectivity index (χ0) is 20.4. The fourth-order valence-electron chi connectivity index (χ4n) is 4.06. The van der Waals surface area contributed by atoms with E-state index in [1.165, 1.54) is 13.5 Å². The number of piperidine rings is 1. The largest absolute Gasteiger partial charge is 0.355 e. The maximum atomic E-state index is 12.8. The van der Waals surface area contributed by atoms with E-state index in [1.54, 1.807) is 11.0 Å². The number of nitrogens with zero attached hydrogens (tertiary/aromatic N) is 6. The lowest BCUT2D eigenvalue weighted by molar-refractivity contribution is -0.130. The number of amides is 4. The first-order valence-corrected chi connectivity index (χ1v) is 10.2. The highest BCUT2D eigenvalue weighted by molar-refractivity contribution is 5.96. The van der Waals surface area contributed by atoms with Gasteiger partial charge in [0.15, 0.2) is 11.5 Å². The van der Waals surface area contributed by atoms with Gasteiger partial charge in [0.25, 0.3) is 5.91 Å². The molecule has 1 atom stereocenters. The first-order chi connectivity index (χ1) is 14.0. The number of hydrogen-bond acceptors (Lipinski definition) is 7. The van der Waals surface area contributed by atoms with E-state index in [2.05, 4.69) is 20.4 Å². The fourth-order valence-corrected chi connectivity index (χ4v) is 4.06. The first-order valence-electron chi connectivity index (χ1n) is 10.2. The Morgan fingerprint density at radius 1 is 1.00 bits per heavy atom. The SMILES string of the molecule is CN1C(=O)CC(N2CCN(C(=O)c3ccc(N4CCCCC4)nn3)CC2)NC1=O. The van der Waals surface area contributed by atoms with Gasteiger partial charge in [-0.15, -0.1) is 10.2 Å². The molecule has 1 N–H and O–H groups in total. The van der Waals surface area contributed by atoms with Crippen LogP contribution in [0.1, 0.15) is 36.2 Å². The molecule has 10 heteroatoms. The maximum absolute atomic E-state index is 12.8. The third kappa shape index (κ3) is 4.16. The molecule has 3 aliphatic heterocycles. The highest BCUT2D eigenvalue weighted by Gasteiger charge is 2.35. The Morgan fingerprint density at radius 3 is 2.34 bits per heavy atom. The van der Waals surface area contributed by atoms with Crippen molar-refractivity contribution in [2.75, 3.05) is 51.2 Å². The molecule has 4 amide bonds. The summed E-state index contributed by atoms with van der Waals surface area (Å²) in [6.45, 7) is 4.19. The van der Waals surface area contributed by atoms with Crippen molar-refractivity contribution in [1.29, 1.82) is 0 Å². The van der Waals surface area contributed by atoms with Crippen LogP contribution in [-0.2, 0) is 4.79 Å². The number of carbonyl (C=O) groups excluding carboxylic acids is 3. The van der Waals surface area contributed by atoms with Gasteiger partial charge in [0.1, 0.15) is 0 Å². The number of urea groups is 1. The molecule has 29 heavy (non-hydrogen) atoms. The van der Waals surface area contributed by atoms with Crippen LogP contribution in [0.3, 0.4) is 0 Å². The van der Waals surface area contributed by atoms with E-state index >= 15 is 0 Å². The molecular formula is C19H27N7O3. The Hall–Kier alpha value is -2.75. The maximum Gasteiger partial charge on any atom is 0.325 e. The van der Waals surface area contributed by atoms with Crippen LogP contribution < -0.4 is 10.2 Å². The van der Waals surface area contributed by atoms with Crippen molar-refractivity contribution in [3.05, 3.63) is 17.8 Å². The van der Waals surface area contributed by atoms with Gasteiger partial charge in [0.2, 0.25) is 5.91 Å². The average molecular weight is 401 g/mol. The molecule has 0 bridgehead atoms. The lowest BCUT2D eigenvalue weighted by Crippen LogP contribution is -2.62. The molecule has 3 fully saturated rings. The number of carbonyl (C=O) groups is 3. The number of rotatable bonds is 3. The molecule has 10 nitrogen and oxygen atoms in total. The summed E-state index contributed by atoms with van der Waals surface area (Å²) in [5, 5.41) is 11.3. The minimum absolute atomic E-state index is 0.133. The van der Waals surface area contributed by atoms with Gasteiger partial charge in [-0.3, -0.25) is 19.4 Å². The molecule has 1 aromatic rings. The molecule has 1 aromatic heterocycles. The van der Waals surface area contributed by atoms with Crippen LogP contribution in [-0.4, -0.2) is 95.2 Å². The summed E-state index contributed by atoms with van der Waals surface area (Å²) < 4.78 is 0. The van der Waals surface area contributed by atoms with Crippen LogP contribution in [0.15, 0.2) is 12.1 Å².